The van der Waals surface area contributed by atoms with Gasteiger partial charge in [0.2, 0.25) is 0 Å². The summed E-state index contributed by atoms with van der Waals surface area (Å²) < 4.78 is 52.5. The van der Waals surface area contributed by atoms with Crippen LogP contribution in [0.2, 0.25) is 0 Å². The zero-order valence-corrected chi connectivity index (χ0v) is 12.4. The Morgan fingerprint density at radius 3 is 2.30 bits per heavy atom. The molecule has 23 heavy (non-hydrogen) atoms. The van der Waals surface area contributed by atoms with Gasteiger partial charge in [0, 0.05) is 5.39 Å². The van der Waals surface area contributed by atoms with Crippen molar-refractivity contribution in [2.75, 3.05) is 0 Å². The maximum absolute atomic E-state index is 12.9. The minimum Gasteiger partial charge on any atom is -0.316 e. The maximum atomic E-state index is 12.9. The molecule has 1 atom stereocenters. The van der Waals surface area contributed by atoms with E-state index in [1.165, 1.54) is 53.3 Å². The molecule has 122 valence electrons. The Morgan fingerprint density at radius 2 is 1.70 bits per heavy atom. The highest BCUT2D eigenvalue weighted by molar-refractivity contribution is 5.85. The van der Waals surface area contributed by atoms with Gasteiger partial charge in [-0.3, -0.25) is 0 Å². The van der Waals surface area contributed by atoms with Crippen LogP contribution in [0.25, 0.3) is 16.6 Å². The Labute approximate surface area is 135 Å². The summed E-state index contributed by atoms with van der Waals surface area (Å²) in [5.74, 6) is -0.376. The van der Waals surface area contributed by atoms with Crippen molar-refractivity contribution >= 4 is 23.3 Å². The van der Waals surface area contributed by atoms with E-state index in [9.17, 15) is 17.6 Å². The minimum absolute atomic E-state index is 0. The number of hydrogen-bond donors (Lipinski definition) is 1. The van der Waals surface area contributed by atoms with E-state index in [0.717, 1.165) is 0 Å². The Bertz CT molecular complexity index is 812. The van der Waals surface area contributed by atoms with Crippen molar-refractivity contribution in [3.05, 3.63) is 60.0 Å². The van der Waals surface area contributed by atoms with E-state index in [4.69, 9.17) is 5.73 Å². The van der Waals surface area contributed by atoms with E-state index < -0.39 is 12.2 Å². The summed E-state index contributed by atoms with van der Waals surface area (Å²) in [6.45, 7) is 0. The number of halogens is 5. The zero-order valence-electron chi connectivity index (χ0n) is 11.6. The van der Waals surface area contributed by atoms with Gasteiger partial charge < -0.3 is 5.73 Å². The molecular formula is C15H12ClF4N3. The second kappa shape index (κ2) is 6.17. The molecule has 3 nitrogen and oxygen atoms in total. The molecule has 0 saturated heterocycles. The molecule has 2 N–H and O–H groups in total. The second-order valence-electron chi connectivity index (χ2n) is 4.87. The van der Waals surface area contributed by atoms with Gasteiger partial charge in [-0.15, -0.1) is 12.4 Å². The molecule has 8 heteroatoms. The van der Waals surface area contributed by atoms with Gasteiger partial charge >= 0.3 is 6.18 Å². The lowest BCUT2D eigenvalue weighted by molar-refractivity contribution is -0.149. The van der Waals surface area contributed by atoms with Gasteiger partial charge in [-0.05, 0) is 42.0 Å². The van der Waals surface area contributed by atoms with E-state index in [0.29, 0.717) is 16.6 Å². The first-order valence-corrected chi connectivity index (χ1v) is 6.42. The number of fused-ring (bicyclic) bond motifs is 1. The number of nitrogens with two attached hydrogens (primary N) is 1. The molecular weight excluding hydrogens is 334 g/mol. The minimum atomic E-state index is -4.50. The quantitative estimate of drug-likeness (QED) is 0.709. The molecule has 1 aromatic heterocycles. The predicted molar refractivity (Wildman–Crippen MR) is 81.3 cm³/mol. The fourth-order valence-electron chi connectivity index (χ4n) is 2.22. The number of alkyl halides is 3. The standard InChI is InChI=1S/C15H11F4N3.ClH/c16-11-2-4-12(5-3-11)22-13-6-1-9(7-10(13)8-21-22)14(20)15(17,18)19;/h1-8,14H,20H2;1H. The van der Waals surface area contributed by atoms with Gasteiger partial charge in [-0.25, -0.2) is 9.07 Å². The SMILES string of the molecule is Cl.NC(c1ccc2c(cnn2-c2ccc(F)cc2)c1)C(F)(F)F. The third-order valence-electron chi connectivity index (χ3n) is 3.38. The molecule has 3 rings (SSSR count). The lowest BCUT2D eigenvalue weighted by Crippen LogP contribution is -2.28. The van der Waals surface area contributed by atoms with Gasteiger partial charge in [0.15, 0.2) is 0 Å². The summed E-state index contributed by atoms with van der Waals surface area (Å²) in [4.78, 5) is 0. The lowest BCUT2D eigenvalue weighted by atomic mass is 10.1. The first-order valence-electron chi connectivity index (χ1n) is 6.42. The first-order chi connectivity index (χ1) is 10.4. The van der Waals surface area contributed by atoms with Crippen LogP contribution in [0.15, 0.2) is 48.7 Å². The normalized spacial score (nSPS) is 12.9. The van der Waals surface area contributed by atoms with Crippen molar-refractivity contribution in [3.63, 3.8) is 0 Å². The molecule has 0 amide bonds. The van der Waals surface area contributed by atoms with Crippen LogP contribution in [0.3, 0.4) is 0 Å². The van der Waals surface area contributed by atoms with Crippen LogP contribution < -0.4 is 5.73 Å². The number of benzene rings is 2. The van der Waals surface area contributed by atoms with Crippen LogP contribution in [-0.4, -0.2) is 16.0 Å². The van der Waals surface area contributed by atoms with Crippen molar-refractivity contribution < 1.29 is 17.6 Å². The fourth-order valence-corrected chi connectivity index (χ4v) is 2.22. The van der Waals surface area contributed by atoms with Crippen LogP contribution in [0, 0.1) is 5.82 Å². The summed E-state index contributed by atoms with van der Waals surface area (Å²) in [5, 5.41) is 4.66. The molecule has 2 aromatic carbocycles. The van der Waals surface area contributed by atoms with E-state index in [2.05, 4.69) is 5.10 Å². The molecule has 0 radical (unpaired) electrons. The average molecular weight is 346 g/mol. The van der Waals surface area contributed by atoms with Gasteiger partial charge in [-0.2, -0.15) is 18.3 Å². The Balaban J connectivity index is 0.00000192. The van der Waals surface area contributed by atoms with Crippen LogP contribution in [0.4, 0.5) is 17.6 Å². The van der Waals surface area contributed by atoms with Crippen molar-refractivity contribution in [2.24, 2.45) is 5.73 Å². The molecule has 1 unspecified atom stereocenters. The van der Waals surface area contributed by atoms with Crippen molar-refractivity contribution in [2.45, 2.75) is 12.2 Å². The Kier molecular flexibility index (Phi) is 4.63. The second-order valence-corrected chi connectivity index (χ2v) is 4.87. The van der Waals surface area contributed by atoms with Gasteiger partial charge in [-0.1, -0.05) is 6.07 Å². The molecule has 0 bridgehead atoms. The summed E-state index contributed by atoms with van der Waals surface area (Å²) in [6.07, 6.45) is -3.05. The third-order valence-corrected chi connectivity index (χ3v) is 3.38. The fraction of sp³-hybridized carbons (Fsp3) is 0.133. The highest BCUT2D eigenvalue weighted by Crippen LogP contribution is 2.32. The number of aromatic nitrogens is 2. The van der Waals surface area contributed by atoms with E-state index in [1.54, 1.807) is 0 Å². The van der Waals surface area contributed by atoms with Crippen LogP contribution in [0.5, 0.6) is 0 Å². The number of nitrogens with zero attached hydrogens (tertiary/aromatic N) is 2. The third kappa shape index (κ3) is 3.30. The molecule has 0 aliphatic heterocycles. The zero-order chi connectivity index (χ0) is 15.9. The summed E-state index contributed by atoms with van der Waals surface area (Å²) in [5.41, 5.74) is 6.41. The smallest absolute Gasteiger partial charge is 0.316 e. The van der Waals surface area contributed by atoms with E-state index in [-0.39, 0.29) is 23.8 Å². The van der Waals surface area contributed by atoms with Gasteiger partial charge in [0.25, 0.3) is 0 Å². The number of rotatable bonds is 2. The molecule has 1 heterocycles. The van der Waals surface area contributed by atoms with Crippen molar-refractivity contribution in [3.8, 4) is 5.69 Å². The van der Waals surface area contributed by atoms with Crippen LogP contribution in [-0.2, 0) is 0 Å². The molecule has 0 aliphatic rings. The Morgan fingerprint density at radius 1 is 1.04 bits per heavy atom. The van der Waals surface area contributed by atoms with E-state index >= 15 is 0 Å². The molecule has 0 saturated carbocycles. The highest BCUT2D eigenvalue weighted by atomic mass is 35.5. The molecule has 0 spiro atoms. The monoisotopic (exact) mass is 345 g/mol. The Hall–Kier alpha value is -2.12. The van der Waals surface area contributed by atoms with Crippen LogP contribution >= 0.6 is 12.4 Å². The summed E-state index contributed by atoms with van der Waals surface area (Å²) in [7, 11) is 0. The summed E-state index contributed by atoms with van der Waals surface area (Å²) >= 11 is 0. The molecule has 3 aromatic rings. The van der Waals surface area contributed by atoms with Crippen molar-refractivity contribution in [1.29, 1.82) is 0 Å². The molecule has 0 aliphatic carbocycles. The van der Waals surface area contributed by atoms with Crippen LogP contribution in [0.1, 0.15) is 11.6 Å². The highest BCUT2D eigenvalue weighted by Gasteiger charge is 2.37. The summed E-state index contributed by atoms with van der Waals surface area (Å²) in [6, 6.07) is 7.82. The van der Waals surface area contributed by atoms with Gasteiger partial charge in [0.1, 0.15) is 11.9 Å². The number of hydrogen-bond acceptors (Lipinski definition) is 2. The first kappa shape index (κ1) is 17.2. The maximum Gasteiger partial charge on any atom is 0.407 e. The predicted octanol–water partition coefficient (Wildman–Crippen LogP) is 4.15. The van der Waals surface area contributed by atoms with E-state index in [1.807, 2.05) is 0 Å². The lowest BCUT2D eigenvalue weighted by Gasteiger charge is -2.15. The van der Waals surface area contributed by atoms with Crippen molar-refractivity contribution in [1.82, 2.24) is 9.78 Å². The topological polar surface area (TPSA) is 43.8 Å². The van der Waals surface area contributed by atoms with Gasteiger partial charge in [0.05, 0.1) is 17.4 Å². The largest absolute Gasteiger partial charge is 0.407 e. The molecule has 0 fully saturated rings. The average Bonchev–Trinajstić information content (AvgIpc) is 2.89.